The molecule has 0 bridgehead atoms. The van der Waals surface area contributed by atoms with Gasteiger partial charge in [0.05, 0.1) is 34.0 Å². The van der Waals surface area contributed by atoms with Crippen LogP contribution in [0.25, 0.3) is 22.4 Å². The molecule has 0 saturated carbocycles. The molecule has 0 aliphatic carbocycles. The van der Waals surface area contributed by atoms with Crippen LogP contribution in [0.3, 0.4) is 0 Å². The molecule has 1 aliphatic heterocycles. The van der Waals surface area contributed by atoms with E-state index in [-0.39, 0.29) is 29.1 Å². The third kappa shape index (κ3) is 3.57. The number of alkyl halides is 3. The van der Waals surface area contributed by atoms with Gasteiger partial charge in [-0.3, -0.25) is 4.79 Å². The molecule has 1 saturated heterocycles. The molecule has 6 nitrogen and oxygen atoms in total. The number of aryl methyl sites for hydroxylation is 1. The maximum atomic E-state index is 13.5. The van der Waals surface area contributed by atoms with Crippen molar-refractivity contribution in [2.75, 3.05) is 13.1 Å². The third-order valence-corrected chi connectivity index (χ3v) is 5.04. The van der Waals surface area contributed by atoms with Gasteiger partial charge in [0.25, 0.3) is 11.6 Å². The highest BCUT2D eigenvalue weighted by atomic mass is 19.4. The van der Waals surface area contributed by atoms with Crippen molar-refractivity contribution >= 4 is 17.0 Å². The summed E-state index contributed by atoms with van der Waals surface area (Å²) in [5.74, 6) is -0.395. The molecule has 0 spiro atoms. The number of aliphatic hydroxyl groups is 1. The molecule has 152 valence electrons. The summed E-state index contributed by atoms with van der Waals surface area (Å²) >= 11 is 0. The Balaban J connectivity index is 1.88. The monoisotopic (exact) mass is 405 g/mol. The van der Waals surface area contributed by atoms with Crippen LogP contribution in [0, 0.1) is 6.92 Å². The number of nitrogens with zero attached hydrogens (tertiary/aromatic N) is 3. The predicted molar refractivity (Wildman–Crippen MR) is 98.1 cm³/mol. The van der Waals surface area contributed by atoms with Crippen molar-refractivity contribution in [3.05, 3.63) is 47.2 Å². The lowest BCUT2D eigenvalue weighted by molar-refractivity contribution is -0.137. The van der Waals surface area contributed by atoms with Crippen LogP contribution < -0.4 is 0 Å². The lowest BCUT2D eigenvalue weighted by Crippen LogP contribution is -2.42. The van der Waals surface area contributed by atoms with Crippen molar-refractivity contribution < 1.29 is 27.6 Å². The van der Waals surface area contributed by atoms with Gasteiger partial charge in [0, 0.05) is 18.7 Å². The molecule has 29 heavy (non-hydrogen) atoms. The summed E-state index contributed by atoms with van der Waals surface area (Å²) in [6.07, 6.45) is -3.95. The molecule has 1 N–H and O–H groups in total. The number of aliphatic hydroxyl groups excluding tert-OH is 1. The Bertz CT molecular complexity index is 1080. The molecule has 3 heterocycles. The average Bonchev–Trinajstić information content (AvgIpc) is 3.07. The highest BCUT2D eigenvalue weighted by molar-refractivity contribution is 6.07. The molecule has 1 aromatic carbocycles. The van der Waals surface area contributed by atoms with Crippen molar-refractivity contribution in [3.8, 4) is 11.3 Å². The number of hydrogen-bond donors (Lipinski definition) is 1. The number of pyridine rings is 1. The first-order valence-electron chi connectivity index (χ1n) is 9.16. The molecule has 1 atom stereocenters. The van der Waals surface area contributed by atoms with Gasteiger partial charge in [0.2, 0.25) is 0 Å². The Morgan fingerprint density at radius 3 is 2.79 bits per heavy atom. The summed E-state index contributed by atoms with van der Waals surface area (Å²) in [6.45, 7) is 2.26. The molecule has 1 unspecified atom stereocenters. The molecular weight excluding hydrogens is 387 g/mol. The Labute approximate surface area is 163 Å². The van der Waals surface area contributed by atoms with Gasteiger partial charge in [0.1, 0.15) is 0 Å². The Morgan fingerprint density at radius 1 is 1.31 bits per heavy atom. The van der Waals surface area contributed by atoms with Crippen molar-refractivity contribution in [1.82, 2.24) is 15.0 Å². The van der Waals surface area contributed by atoms with Gasteiger partial charge in [-0.1, -0.05) is 23.4 Å². The summed E-state index contributed by atoms with van der Waals surface area (Å²) in [7, 11) is 0. The Kier molecular flexibility index (Phi) is 4.77. The van der Waals surface area contributed by atoms with Gasteiger partial charge in [0.15, 0.2) is 0 Å². The van der Waals surface area contributed by atoms with Crippen LogP contribution in [0.4, 0.5) is 13.2 Å². The Morgan fingerprint density at radius 2 is 2.07 bits per heavy atom. The van der Waals surface area contributed by atoms with Gasteiger partial charge in [-0.2, -0.15) is 13.2 Å². The maximum Gasteiger partial charge on any atom is 0.417 e. The van der Waals surface area contributed by atoms with Crippen molar-refractivity contribution in [1.29, 1.82) is 0 Å². The van der Waals surface area contributed by atoms with Crippen LogP contribution >= 0.6 is 0 Å². The number of β-amino-alcohol motifs (C(OH)–C–C–N with tert-alkyl or cyclic N) is 1. The summed E-state index contributed by atoms with van der Waals surface area (Å²) in [5.41, 5.74) is -0.446. The first-order valence-corrected chi connectivity index (χ1v) is 9.16. The second kappa shape index (κ2) is 7.14. The Hall–Kier alpha value is -2.94. The quantitative estimate of drug-likeness (QED) is 0.701. The molecule has 1 fully saturated rings. The number of aromatic nitrogens is 2. The third-order valence-electron chi connectivity index (χ3n) is 5.04. The minimum Gasteiger partial charge on any atom is -0.391 e. The van der Waals surface area contributed by atoms with E-state index in [9.17, 15) is 23.1 Å². The highest BCUT2D eigenvalue weighted by Gasteiger charge is 2.34. The second-order valence-electron chi connectivity index (χ2n) is 7.09. The molecule has 2 aromatic heterocycles. The van der Waals surface area contributed by atoms with E-state index < -0.39 is 23.8 Å². The number of amides is 1. The number of rotatable bonds is 2. The number of benzene rings is 1. The zero-order valence-corrected chi connectivity index (χ0v) is 15.5. The highest BCUT2D eigenvalue weighted by Crippen LogP contribution is 2.37. The van der Waals surface area contributed by atoms with E-state index in [0.717, 1.165) is 6.07 Å². The van der Waals surface area contributed by atoms with Crippen LogP contribution in [0.1, 0.15) is 34.5 Å². The van der Waals surface area contributed by atoms with Crippen LogP contribution in [-0.4, -0.2) is 45.2 Å². The van der Waals surface area contributed by atoms with Gasteiger partial charge >= 0.3 is 6.18 Å². The van der Waals surface area contributed by atoms with Crippen molar-refractivity contribution in [2.24, 2.45) is 0 Å². The number of piperidine rings is 1. The van der Waals surface area contributed by atoms with Crippen LogP contribution in [0.5, 0.6) is 0 Å². The molecule has 1 aliphatic rings. The fourth-order valence-electron chi connectivity index (χ4n) is 3.66. The van der Waals surface area contributed by atoms with Gasteiger partial charge in [-0.25, -0.2) is 4.98 Å². The lowest BCUT2D eigenvalue weighted by atomic mass is 9.99. The van der Waals surface area contributed by atoms with E-state index in [1.807, 2.05) is 0 Å². The van der Waals surface area contributed by atoms with Gasteiger partial charge < -0.3 is 14.5 Å². The van der Waals surface area contributed by atoms with E-state index in [4.69, 9.17) is 4.52 Å². The smallest absolute Gasteiger partial charge is 0.391 e. The fourth-order valence-corrected chi connectivity index (χ4v) is 3.66. The molecule has 1 amide bonds. The topological polar surface area (TPSA) is 79.5 Å². The van der Waals surface area contributed by atoms with Crippen molar-refractivity contribution in [2.45, 2.75) is 32.0 Å². The van der Waals surface area contributed by atoms with Crippen LogP contribution in [-0.2, 0) is 6.18 Å². The van der Waals surface area contributed by atoms with E-state index in [1.54, 1.807) is 6.92 Å². The molecular formula is C20H18F3N3O3. The largest absolute Gasteiger partial charge is 0.417 e. The molecule has 9 heteroatoms. The number of hydrogen-bond acceptors (Lipinski definition) is 5. The average molecular weight is 405 g/mol. The summed E-state index contributed by atoms with van der Waals surface area (Å²) in [6, 6.07) is 6.39. The predicted octanol–water partition coefficient (Wildman–Crippen LogP) is 3.81. The normalized spacial score (nSPS) is 17.7. The fraction of sp³-hybridized carbons (Fsp3) is 0.350. The summed E-state index contributed by atoms with van der Waals surface area (Å²) in [4.78, 5) is 18.9. The first-order chi connectivity index (χ1) is 13.8. The second-order valence-corrected chi connectivity index (χ2v) is 7.09. The summed E-state index contributed by atoms with van der Waals surface area (Å²) < 4.78 is 45.6. The molecule has 0 radical (unpaired) electrons. The maximum absolute atomic E-state index is 13.5. The number of carbonyl (C=O) groups is 1. The van der Waals surface area contributed by atoms with Gasteiger partial charge in [-0.05, 0) is 31.9 Å². The number of likely N-dealkylation sites (tertiary alicyclic amines) is 1. The SMILES string of the molecule is Cc1noc2nc(-c3ccccc3C(F)(F)F)cc(C(=O)N3CCCC(O)C3)c12. The van der Waals surface area contributed by atoms with Crippen molar-refractivity contribution in [3.63, 3.8) is 0 Å². The van der Waals surface area contributed by atoms with E-state index >= 15 is 0 Å². The van der Waals surface area contributed by atoms with E-state index in [1.165, 1.54) is 29.2 Å². The standard InChI is InChI=1S/C20H18F3N3O3/c1-11-17-14(19(28)26-8-4-5-12(27)10-26)9-16(24-18(17)29-25-11)13-6-2-3-7-15(13)20(21,22)23/h2-3,6-7,9,12,27H,4-5,8,10H2,1H3. The number of fused-ring (bicyclic) bond motifs is 1. The van der Waals surface area contributed by atoms with E-state index in [2.05, 4.69) is 10.1 Å². The zero-order chi connectivity index (χ0) is 20.8. The zero-order valence-electron chi connectivity index (χ0n) is 15.5. The minimum atomic E-state index is -4.58. The van der Waals surface area contributed by atoms with Crippen LogP contribution in [0.15, 0.2) is 34.9 Å². The number of carbonyl (C=O) groups excluding carboxylic acids is 1. The van der Waals surface area contributed by atoms with E-state index in [0.29, 0.717) is 30.5 Å². The minimum absolute atomic E-state index is 0.00196. The lowest BCUT2D eigenvalue weighted by Gasteiger charge is -2.30. The first kappa shape index (κ1) is 19.4. The molecule has 4 rings (SSSR count). The number of halogens is 3. The molecule has 3 aromatic rings. The van der Waals surface area contributed by atoms with Crippen LogP contribution in [0.2, 0.25) is 0 Å². The summed E-state index contributed by atoms with van der Waals surface area (Å²) in [5, 5.41) is 14.1. The van der Waals surface area contributed by atoms with Gasteiger partial charge in [-0.15, -0.1) is 0 Å².